The van der Waals surface area contributed by atoms with E-state index in [-0.39, 0.29) is 12.4 Å². The van der Waals surface area contributed by atoms with Crippen LogP contribution in [0.4, 0.5) is 4.79 Å². The van der Waals surface area contributed by atoms with Crippen LogP contribution in [0.3, 0.4) is 0 Å². The molecule has 0 fully saturated rings. The summed E-state index contributed by atoms with van der Waals surface area (Å²) >= 11 is 1.09. The molecule has 1 amide bonds. The molecule has 27 heavy (non-hydrogen) atoms. The summed E-state index contributed by atoms with van der Waals surface area (Å²) in [6.45, 7) is 8.57. The number of alkyl carbamates (subject to hydrolysis) is 1. The van der Waals surface area contributed by atoms with Crippen LogP contribution in [0.15, 0.2) is 30.3 Å². The molecule has 0 aliphatic heterocycles. The van der Waals surface area contributed by atoms with Crippen molar-refractivity contribution in [3.8, 4) is 0 Å². The number of carboxylic acid groups (broad SMARTS) is 1. The number of amides is 1. The number of carbonyl (C=O) groups excluding carboxylic acids is 2. The molecule has 1 aromatic rings. The zero-order valence-electron chi connectivity index (χ0n) is 16.3. The lowest BCUT2D eigenvalue weighted by Gasteiger charge is -2.31. The Morgan fingerprint density at radius 1 is 1.11 bits per heavy atom. The van der Waals surface area contributed by atoms with E-state index in [1.165, 1.54) is 0 Å². The standard InChI is InChI=1S/C19H27NO6S/c1-18(2,3)26-14(21)12-27-19(4,5)15(16(22)23)20-17(24)25-11-13-9-7-6-8-10-13/h6-10,15H,11-12H2,1-5H3,(H,20,24)(H,22,23)/t15-/m1/s1. The number of thioether (sulfide) groups is 1. The maximum atomic E-state index is 12.0. The summed E-state index contributed by atoms with van der Waals surface area (Å²) < 4.78 is 9.34. The molecule has 0 aromatic heterocycles. The zero-order chi connectivity index (χ0) is 20.7. The Labute approximate surface area is 163 Å². The van der Waals surface area contributed by atoms with Gasteiger partial charge in [0, 0.05) is 4.75 Å². The number of aliphatic carboxylic acids is 1. The fourth-order valence-electron chi connectivity index (χ4n) is 2.11. The van der Waals surface area contributed by atoms with E-state index in [4.69, 9.17) is 9.47 Å². The molecule has 0 saturated carbocycles. The van der Waals surface area contributed by atoms with Crippen LogP contribution in [0.25, 0.3) is 0 Å². The third-order valence-corrected chi connectivity index (χ3v) is 4.76. The molecule has 0 unspecified atom stereocenters. The maximum absolute atomic E-state index is 12.0. The van der Waals surface area contributed by atoms with Crippen LogP contribution in [-0.4, -0.2) is 45.3 Å². The predicted molar refractivity (Wildman–Crippen MR) is 104 cm³/mol. The highest BCUT2D eigenvalue weighted by molar-refractivity contribution is 8.01. The highest BCUT2D eigenvalue weighted by atomic mass is 32.2. The van der Waals surface area contributed by atoms with Crippen molar-refractivity contribution in [3.63, 3.8) is 0 Å². The van der Waals surface area contributed by atoms with Crippen molar-refractivity contribution in [2.45, 2.75) is 57.6 Å². The van der Waals surface area contributed by atoms with E-state index in [1.807, 2.05) is 18.2 Å². The zero-order valence-corrected chi connectivity index (χ0v) is 17.1. The van der Waals surface area contributed by atoms with Crippen LogP contribution in [-0.2, 0) is 25.7 Å². The van der Waals surface area contributed by atoms with E-state index in [9.17, 15) is 19.5 Å². The summed E-state index contributed by atoms with van der Waals surface area (Å²) in [5.74, 6) is -1.70. The monoisotopic (exact) mass is 397 g/mol. The molecule has 0 saturated heterocycles. The van der Waals surface area contributed by atoms with Crippen molar-refractivity contribution in [1.82, 2.24) is 5.32 Å². The average Bonchev–Trinajstić information content (AvgIpc) is 2.55. The molecule has 0 radical (unpaired) electrons. The smallest absolute Gasteiger partial charge is 0.408 e. The van der Waals surface area contributed by atoms with E-state index < -0.39 is 34.4 Å². The first kappa shape index (κ1) is 22.8. The molecular formula is C19H27NO6S. The molecular weight excluding hydrogens is 370 g/mol. The average molecular weight is 397 g/mol. The molecule has 2 N–H and O–H groups in total. The highest BCUT2D eigenvalue weighted by Gasteiger charge is 2.38. The number of nitrogens with one attached hydrogen (secondary N) is 1. The molecule has 0 aliphatic carbocycles. The number of rotatable bonds is 8. The Balaban J connectivity index is 2.62. The molecule has 150 valence electrons. The Morgan fingerprint density at radius 2 is 1.70 bits per heavy atom. The summed E-state index contributed by atoms with van der Waals surface area (Å²) in [6.07, 6.45) is -0.836. The molecule has 0 bridgehead atoms. The Hall–Kier alpha value is -2.22. The van der Waals surface area contributed by atoms with Crippen molar-refractivity contribution in [3.05, 3.63) is 35.9 Å². The molecule has 1 aromatic carbocycles. The van der Waals surface area contributed by atoms with Gasteiger partial charge in [-0.25, -0.2) is 9.59 Å². The summed E-state index contributed by atoms with van der Waals surface area (Å²) in [5, 5.41) is 11.9. The van der Waals surface area contributed by atoms with E-state index in [2.05, 4.69) is 5.32 Å². The van der Waals surface area contributed by atoms with Crippen LogP contribution in [0, 0.1) is 0 Å². The van der Waals surface area contributed by atoms with Gasteiger partial charge in [0.05, 0.1) is 5.75 Å². The van der Waals surface area contributed by atoms with Gasteiger partial charge in [-0.3, -0.25) is 4.79 Å². The lowest BCUT2D eigenvalue weighted by Crippen LogP contribution is -2.53. The van der Waals surface area contributed by atoms with Crippen LogP contribution in [0.2, 0.25) is 0 Å². The van der Waals surface area contributed by atoms with E-state index in [0.717, 1.165) is 17.3 Å². The van der Waals surface area contributed by atoms with Gasteiger partial charge in [0.15, 0.2) is 0 Å². The van der Waals surface area contributed by atoms with Crippen molar-refractivity contribution in [2.24, 2.45) is 0 Å². The van der Waals surface area contributed by atoms with Gasteiger partial charge in [0.1, 0.15) is 18.2 Å². The van der Waals surface area contributed by atoms with Crippen LogP contribution < -0.4 is 5.32 Å². The fourth-order valence-corrected chi connectivity index (χ4v) is 2.99. The van der Waals surface area contributed by atoms with Crippen molar-refractivity contribution >= 4 is 29.8 Å². The Bertz CT molecular complexity index is 654. The maximum Gasteiger partial charge on any atom is 0.408 e. The molecule has 1 rings (SSSR count). The second-order valence-electron chi connectivity index (χ2n) is 7.46. The number of benzene rings is 1. The largest absolute Gasteiger partial charge is 0.480 e. The molecule has 0 heterocycles. The third-order valence-electron chi connectivity index (χ3n) is 3.40. The predicted octanol–water partition coefficient (Wildman–Crippen LogP) is 3.22. The SMILES string of the molecule is CC(C)(C)OC(=O)CSC(C)(C)[C@H](NC(=O)OCc1ccccc1)C(=O)O. The van der Waals surface area contributed by atoms with Gasteiger partial charge in [0.25, 0.3) is 0 Å². The number of hydrogen-bond donors (Lipinski definition) is 2. The van der Waals surface area contributed by atoms with Gasteiger partial charge in [-0.1, -0.05) is 30.3 Å². The van der Waals surface area contributed by atoms with Gasteiger partial charge in [-0.15, -0.1) is 11.8 Å². The number of carboxylic acids is 1. The first-order valence-corrected chi connectivity index (χ1v) is 9.45. The molecule has 8 heteroatoms. The summed E-state index contributed by atoms with van der Waals surface area (Å²) in [4.78, 5) is 35.5. The first-order valence-electron chi connectivity index (χ1n) is 8.46. The summed E-state index contributed by atoms with van der Waals surface area (Å²) in [7, 11) is 0. The molecule has 1 atom stereocenters. The van der Waals surface area contributed by atoms with Crippen LogP contribution in [0.5, 0.6) is 0 Å². The van der Waals surface area contributed by atoms with E-state index >= 15 is 0 Å². The van der Waals surface area contributed by atoms with Crippen molar-refractivity contribution in [2.75, 3.05) is 5.75 Å². The lowest BCUT2D eigenvalue weighted by atomic mass is 10.0. The third kappa shape index (κ3) is 8.81. The second-order valence-corrected chi connectivity index (χ2v) is 9.09. The number of esters is 1. The number of hydrogen-bond acceptors (Lipinski definition) is 6. The Kier molecular flexibility index (Phi) is 8.15. The van der Waals surface area contributed by atoms with Gasteiger partial charge < -0.3 is 19.9 Å². The number of carbonyl (C=O) groups is 3. The first-order chi connectivity index (χ1) is 12.4. The quantitative estimate of drug-likeness (QED) is 0.649. The van der Waals surface area contributed by atoms with E-state index in [0.29, 0.717) is 0 Å². The molecule has 0 aliphatic rings. The second kappa shape index (κ2) is 9.64. The van der Waals surface area contributed by atoms with Gasteiger partial charge >= 0.3 is 18.0 Å². The highest BCUT2D eigenvalue weighted by Crippen LogP contribution is 2.29. The lowest BCUT2D eigenvalue weighted by molar-refractivity contribution is -0.151. The molecule has 7 nitrogen and oxygen atoms in total. The van der Waals surface area contributed by atoms with Gasteiger partial charge in [-0.05, 0) is 40.2 Å². The minimum absolute atomic E-state index is 0.0322. The van der Waals surface area contributed by atoms with Gasteiger partial charge in [0.2, 0.25) is 0 Å². The Morgan fingerprint density at radius 3 is 2.22 bits per heavy atom. The van der Waals surface area contributed by atoms with Crippen LogP contribution in [0.1, 0.15) is 40.2 Å². The van der Waals surface area contributed by atoms with E-state index in [1.54, 1.807) is 46.8 Å². The summed E-state index contributed by atoms with van der Waals surface area (Å²) in [5.41, 5.74) is 0.172. The van der Waals surface area contributed by atoms with Gasteiger partial charge in [-0.2, -0.15) is 0 Å². The fraction of sp³-hybridized carbons (Fsp3) is 0.526. The van der Waals surface area contributed by atoms with Crippen molar-refractivity contribution in [1.29, 1.82) is 0 Å². The minimum Gasteiger partial charge on any atom is -0.480 e. The van der Waals surface area contributed by atoms with Crippen LogP contribution >= 0.6 is 11.8 Å². The number of ether oxygens (including phenoxy) is 2. The normalized spacial score (nSPS) is 12.8. The minimum atomic E-state index is -1.24. The topological polar surface area (TPSA) is 102 Å². The summed E-state index contributed by atoms with van der Waals surface area (Å²) in [6, 6.07) is 7.81. The molecule has 0 spiro atoms. The van der Waals surface area contributed by atoms with Crippen molar-refractivity contribution < 1.29 is 29.0 Å².